The Morgan fingerprint density at radius 2 is 1.88 bits per heavy atom. The van der Waals surface area contributed by atoms with Crippen molar-refractivity contribution < 1.29 is 14.3 Å². The van der Waals surface area contributed by atoms with Gasteiger partial charge in [-0.1, -0.05) is 42.0 Å². The first-order chi connectivity index (χ1) is 11.6. The van der Waals surface area contributed by atoms with Crippen molar-refractivity contribution in [2.45, 2.75) is 19.9 Å². The van der Waals surface area contributed by atoms with Gasteiger partial charge < -0.3 is 15.4 Å². The monoisotopic (exact) mass is 326 g/mol. The zero-order chi connectivity index (χ0) is 17.4. The molecule has 0 aliphatic heterocycles. The third kappa shape index (κ3) is 5.12. The van der Waals surface area contributed by atoms with Crippen LogP contribution in [0.4, 0.5) is 5.69 Å². The Morgan fingerprint density at radius 1 is 1.08 bits per heavy atom. The highest BCUT2D eigenvalue weighted by Crippen LogP contribution is 2.15. The second-order valence-electron chi connectivity index (χ2n) is 5.48. The van der Waals surface area contributed by atoms with Crippen molar-refractivity contribution in [3.8, 4) is 0 Å². The summed E-state index contributed by atoms with van der Waals surface area (Å²) in [4.78, 5) is 23.6. The first-order valence-electron chi connectivity index (χ1n) is 7.83. The largest absolute Gasteiger partial charge is 0.465 e. The topological polar surface area (TPSA) is 67.4 Å². The van der Waals surface area contributed by atoms with Crippen LogP contribution >= 0.6 is 0 Å². The Hall–Kier alpha value is -2.82. The van der Waals surface area contributed by atoms with Gasteiger partial charge in [0.2, 0.25) is 5.91 Å². The maximum Gasteiger partial charge on any atom is 0.339 e. The van der Waals surface area contributed by atoms with Crippen LogP contribution in [0.15, 0.2) is 48.5 Å². The van der Waals surface area contributed by atoms with Crippen LogP contribution in [0, 0.1) is 6.92 Å². The number of nitrogens with one attached hydrogen (secondary N) is 2. The van der Waals surface area contributed by atoms with Crippen LogP contribution < -0.4 is 10.6 Å². The number of benzene rings is 2. The van der Waals surface area contributed by atoms with E-state index in [0.717, 1.165) is 5.56 Å². The number of methoxy groups -OCH3 is 1. The van der Waals surface area contributed by atoms with Crippen LogP contribution in [0.3, 0.4) is 0 Å². The molecule has 2 aromatic carbocycles. The average Bonchev–Trinajstić information content (AvgIpc) is 2.60. The minimum atomic E-state index is -0.401. The van der Waals surface area contributed by atoms with E-state index in [1.807, 2.05) is 37.3 Å². The van der Waals surface area contributed by atoms with Gasteiger partial charge in [0, 0.05) is 25.2 Å². The number of esters is 1. The van der Waals surface area contributed by atoms with Crippen molar-refractivity contribution in [3.63, 3.8) is 0 Å². The van der Waals surface area contributed by atoms with Crippen LogP contribution in [-0.2, 0) is 16.1 Å². The number of hydrogen-bond donors (Lipinski definition) is 2. The standard InChI is InChI=1S/C19H22N2O3/c1-14-6-5-7-15(12-14)13-21-18(22)10-11-20-17-9-4-3-8-16(17)19(23)24-2/h3-9,12,20H,10-11,13H2,1-2H3,(H,21,22). The number of hydrogen-bond acceptors (Lipinski definition) is 4. The van der Waals surface area contributed by atoms with Gasteiger partial charge in [-0.3, -0.25) is 4.79 Å². The van der Waals surface area contributed by atoms with E-state index in [1.165, 1.54) is 12.7 Å². The van der Waals surface area contributed by atoms with Crippen molar-refractivity contribution >= 4 is 17.6 Å². The zero-order valence-electron chi connectivity index (χ0n) is 14.0. The van der Waals surface area contributed by atoms with Gasteiger partial charge in [-0.05, 0) is 24.6 Å². The fraction of sp³-hybridized carbons (Fsp3) is 0.263. The Bertz CT molecular complexity index is 713. The van der Waals surface area contributed by atoms with Crippen LogP contribution in [-0.4, -0.2) is 25.5 Å². The number of aryl methyl sites for hydroxylation is 1. The second kappa shape index (κ2) is 8.72. The van der Waals surface area contributed by atoms with Gasteiger partial charge in [-0.15, -0.1) is 0 Å². The van der Waals surface area contributed by atoms with Gasteiger partial charge >= 0.3 is 5.97 Å². The SMILES string of the molecule is COC(=O)c1ccccc1NCCC(=O)NCc1cccc(C)c1. The first kappa shape index (κ1) is 17.5. The number of carbonyl (C=O) groups excluding carboxylic acids is 2. The number of carbonyl (C=O) groups is 2. The number of rotatable bonds is 7. The molecule has 2 aromatic rings. The average molecular weight is 326 g/mol. The number of anilines is 1. The van der Waals surface area contributed by atoms with Crippen molar-refractivity contribution in [2.24, 2.45) is 0 Å². The molecule has 0 spiro atoms. The van der Waals surface area contributed by atoms with Crippen molar-refractivity contribution in [2.75, 3.05) is 19.0 Å². The summed E-state index contributed by atoms with van der Waals surface area (Å²) in [5.41, 5.74) is 3.37. The molecule has 24 heavy (non-hydrogen) atoms. The minimum absolute atomic E-state index is 0.0421. The summed E-state index contributed by atoms with van der Waals surface area (Å²) in [7, 11) is 1.35. The zero-order valence-corrected chi connectivity index (χ0v) is 14.0. The Kier molecular flexibility index (Phi) is 6.37. The molecule has 0 aliphatic rings. The maximum absolute atomic E-state index is 11.9. The molecule has 2 N–H and O–H groups in total. The molecular formula is C19H22N2O3. The van der Waals surface area contributed by atoms with Crippen LogP contribution in [0.5, 0.6) is 0 Å². The third-order valence-electron chi connectivity index (χ3n) is 3.57. The Morgan fingerprint density at radius 3 is 2.62 bits per heavy atom. The van der Waals surface area contributed by atoms with Crippen molar-refractivity contribution in [1.29, 1.82) is 0 Å². The van der Waals surface area contributed by atoms with E-state index in [1.54, 1.807) is 18.2 Å². The summed E-state index contributed by atoms with van der Waals surface area (Å²) < 4.78 is 4.74. The van der Waals surface area contributed by atoms with Gasteiger partial charge in [-0.25, -0.2) is 4.79 Å². The molecule has 0 fully saturated rings. The lowest BCUT2D eigenvalue weighted by molar-refractivity contribution is -0.121. The molecular weight excluding hydrogens is 304 g/mol. The van der Waals surface area contributed by atoms with E-state index in [-0.39, 0.29) is 5.91 Å². The minimum Gasteiger partial charge on any atom is -0.465 e. The van der Waals surface area contributed by atoms with E-state index in [4.69, 9.17) is 4.74 Å². The van der Waals surface area contributed by atoms with E-state index < -0.39 is 5.97 Å². The molecule has 5 nitrogen and oxygen atoms in total. The molecule has 0 bridgehead atoms. The molecule has 0 radical (unpaired) electrons. The fourth-order valence-electron chi connectivity index (χ4n) is 2.35. The summed E-state index contributed by atoms with van der Waals surface area (Å²) in [5.74, 6) is -0.443. The highest BCUT2D eigenvalue weighted by atomic mass is 16.5. The van der Waals surface area contributed by atoms with Gasteiger partial charge in [-0.2, -0.15) is 0 Å². The van der Waals surface area contributed by atoms with Crippen LogP contribution in [0.25, 0.3) is 0 Å². The van der Waals surface area contributed by atoms with Crippen molar-refractivity contribution in [1.82, 2.24) is 5.32 Å². The molecule has 0 aliphatic carbocycles. The second-order valence-corrected chi connectivity index (χ2v) is 5.48. The smallest absolute Gasteiger partial charge is 0.339 e. The lowest BCUT2D eigenvalue weighted by atomic mass is 10.1. The summed E-state index contributed by atoms with van der Waals surface area (Å²) in [6.45, 7) is 2.97. The molecule has 0 saturated heterocycles. The van der Waals surface area contributed by atoms with Crippen LogP contribution in [0.1, 0.15) is 27.9 Å². The summed E-state index contributed by atoms with van der Waals surface area (Å²) in [6, 6.07) is 15.1. The summed E-state index contributed by atoms with van der Waals surface area (Å²) in [5, 5.41) is 6.00. The molecule has 126 valence electrons. The lowest BCUT2D eigenvalue weighted by Gasteiger charge is -2.11. The normalized spacial score (nSPS) is 10.1. The van der Waals surface area contributed by atoms with Gasteiger partial charge in [0.05, 0.1) is 12.7 Å². The Labute approximate surface area is 142 Å². The molecule has 0 aromatic heterocycles. The molecule has 0 heterocycles. The molecule has 0 unspecified atom stereocenters. The van der Waals surface area contributed by atoms with E-state index in [0.29, 0.717) is 30.8 Å². The molecule has 5 heteroatoms. The third-order valence-corrected chi connectivity index (χ3v) is 3.57. The molecule has 0 saturated carbocycles. The quantitative estimate of drug-likeness (QED) is 0.768. The van der Waals surface area contributed by atoms with Crippen molar-refractivity contribution in [3.05, 3.63) is 65.2 Å². The van der Waals surface area contributed by atoms with Crippen LogP contribution in [0.2, 0.25) is 0 Å². The predicted octanol–water partition coefficient (Wildman–Crippen LogP) is 2.90. The van der Waals surface area contributed by atoms with Gasteiger partial charge in [0.1, 0.15) is 0 Å². The Balaban J connectivity index is 1.80. The summed E-state index contributed by atoms with van der Waals surface area (Å²) >= 11 is 0. The van der Waals surface area contributed by atoms with E-state index >= 15 is 0 Å². The molecule has 0 atom stereocenters. The van der Waals surface area contributed by atoms with Gasteiger partial charge in [0.15, 0.2) is 0 Å². The first-order valence-corrected chi connectivity index (χ1v) is 7.83. The number of para-hydroxylation sites is 1. The highest BCUT2D eigenvalue weighted by Gasteiger charge is 2.10. The lowest BCUT2D eigenvalue weighted by Crippen LogP contribution is -2.25. The fourth-order valence-corrected chi connectivity index (χ4v) is 2.35. The predicted molar refractivity (Wildman–Crippen MR) is 93.9 cm³/mol. The maximum atomic E-state index is 11.9. The molecule has 1 amide bonds. The van der Waals surface area contributed by atoms with Gasteiger partial charge in [0.25, 0.3) is 0 Å². The number of ether oxygens (including phenoxy) is 1. The molecule has 2 rings (SSSR count). The van der Waals surface area contributed by atoms with E-state index in [9.17, 15) is 9.59 Å². The number of amides is 1. The van der Waals surface area contributed by atoms with E-state index in [2.05, 4.69) is 10.6 Å². The highest BCUT2D eigenvalue weighted by molar-refractivity contribution is 5.95. The summed E-state index contributed by atoms with van der Waals surface area (Å²) in [6.07, 6.45) is 0.321.